The van der Waals surface area contributed by atoms with E-state index >= 15 is 0 Å². The number of nitrogens with zero attached hydrogens (tertiary/aromatic N) is 2. The summed E-state index contributed by atoms with van der Waals surface area (Å²) in [5, 5.41) is 13.7. The summed E-state index contributed by atoms with van der Waals surface area (Å²) in [6.45, 7) is 5.19. The minimum absolute atomic E-state index is 0.248. The van der Waals surface area contributed by atoms with E-state index in [9.17, 15) is 4.39 Å². The summed E-state index contributed by atoms with van der Waals surface area (Å²) >= 11 is 3.14. The molecule has 0 unspecified atom stereocenters. The van der Waals surface area contributed by atoms with Gasteiger partial charge in [0.15, 0.2) is 0 Å². The highest BCUT2D eigenvalue weighted by Crippen LogP contribution is 2.26. The van der Waals surface area contributed by atoms with E-state index in [1.54, 1.807) is 6.07 Å². The second kappa shape index (κ2) is 6.12. The molecule has 0 spiro atoms. The maximum Gasteiger partial charge on any atom is 0.320 e. The minimum atomic E-state index is -0.347. The van der Waals surface area contributed by atoms with Crippen LogP contribution in [0.3, 0.4) is 0 Å². The summed E-state index contributed by atoms with van der Waals surface area (Å²) < 4.78 is 19.3. The van der Waals surface area contributed by atoms with Gasteiger partial charge in [-0.1, -0.05) is 12.0 Å². The fourth-order valence-electron chi connectivity index (χ4n) is 1.50. The molecule has 0 atom stereocenters. The van der Waals surface area contributed by atoms with Gasteiger partial charge in [0.25, 0.3) is 0 Å². The monoisotopic (exact) mass is 328 g/mol. The van der Waals surface area contributed by atoms with Crippen molar-refractivity contribution < 1.29 is 8.81 Å². The van der Waals surface area contributed by atoms with Crippen molar-refractivity contribution in [3.8, 4) is 0 Å². The molecule has 0 radical (unpaired) electrons. The van der Waals surface area contributed by atoms with E-state index in [1.165, 1.54) is 6.07 Å². The van der Waals surface area contributed by atoms with Crippen molar-refractivity contribution in [3.63, 3.8) is 0 Å². The molecule has 2 aromatic rings. The molecule has 0 aliphatic heterocycles. The maximum absolute atomic E-state index is 13.5. The number of nitrogens with one attached hydrogen (secondary N) is 2. The Hall–Kier alpha value is -1.47. The van der Waals surface area contributed by atoms with Gasteiger partial charge < -0.3 is 15.1 Å². The third-order valence-electron chi connectivity index (χ3n) is 2.50. The van der Waals surface area contributed by atoms with Gasteiger partial charge in [0.05, 0.1) is 11.0 Å². The molecule has 0 amide bonds. The summed E-state index contributed by atoms with van der Waals surface area (Å²) in [6, 6.07) is 3.32. The van der Waals surface area contributed by atoms with Crippen LogP contribution in [0, 0.1) is 12.7 Å². The Morgan fingerprint density at radius 1 is 1.37 bits per heavy atom. The maximum atomic E-state index is 13.5. The zero-order valence-corrected chi connectivity index (χ0v) is 12.2. The average Bonchev–Trinajstić information content (AvgIpc) is 2.81. The second-order valence-electron chi connectivity index (χ2n) is 3.99. The molecule has 7 heteroatoms. The Kier molecular flexibility index (Phi) is 4.49. The fraction of sp³-hybridized carbons (Fsp3) is 0.333. The molecule has 0 aliphatic carbocycles. The van der Waals surface area contributed by atoms with E-state index in [-0.39, 0.29) is 11.8 Å². The van der Waals surface area contributed by atoms with E-state index in [0.717, 1.165) is 12.1 Å². The quantitative estimate of drug-likeness (QED) is 0.882. The van der Waals surface area contributed by atoms with Crippen molar-refractivity contribution in [2.45, 2.75) is 20.4 Å². The molecule has 1 aromatic heterocycles. The van der Waals surface area contributed by atoms with Gasteiger partial charge in [0.1, 0.15) is 5.82 Å². The number of halogens is 2. The summed E-state index contributed by atoms with van der Waals surface area (Å²) in [5.74, 6) is 0.139. The molecule has 0 saturated carbocycles. The Labute approximate surface area is 118 Å². The van der Waals surface area contributed by atoms with Crippen LogP contribution in [0.5, 0.6) is 0 Å². The van der Waals surface area contributed by atoms with Crippen molar-refractivity contribution >= 4 is 27.6 Å². The molecule has 5 nitrogen and oxygen atoms in total. The Morgan fingerprint density at radius 3 is 2.89 bits per heavy atom. The number of hydrogen-bond donors (Lipinski definition) is 2. The predicted octanol–water partition coefficient (Wildman–Crippen LogP) is 3.13. The van der Waals surface area contributed by atoms with Gasteiger partial charge in [-0.25, -0.2) is 4.39 Å². The molecular weight excluding hydrogens is 315 g/mol. The largest absolute Gasteiger partial charge is 0.406 e. The Morgan fingerprint density at radius 2 is 2.16 bits per heavy atom. The number of aryl methyl sites for hydroxylation is 1. The first-order chi connectivity index (χ1) is 9.10. The van der Waals surface area contributed by atoms with Crippen LogP contribution < -0.4 is 10.6 Å². The van der Waals surface area contributed by atoms with E-state index < -0.39 is 0 Å². The van der Waals surface area contributed by atoms with Gasteiger partial charge in [-0.2, -0.15) is 0 Å². The van der Waals surface area contributed by atoms with E-state index in [4.69, 9.17) is 4.42 Å². The molecule has 19 heavy (non-hydrogen) atoms. The van der Waals surface area contributed by atoms with Crippen molar-refractivity contribution in [3.05, 3.63) is 33.9 Å². The predicted molar refractivity (Wildman–Crippen MR) is 73.8 cm³/mol. The number of benzene rings is 1. The fourth-order valence-corrected chi connectivity index (χ4v) is 1.96. The number of rotatable bonds is 5. The van der Waals surface area contributed by atoms with Crippen LogP contribution in [0.2, 0.25) is 0 Å². The average molecular weight is 329 g/mol. The van der Waals surface area contributed by atoms with Crippen LogP contribution in [-0.2, 0) is 6.54 Å². The zero-order valence-electron chi connectivity index (χ0n) is 10.6. The highest BCUT2D eigenvalue weighted by molar-refractivity contribution is 9.10. The van der Waals surface area contributed by atoms with Crippen LogP contribution in [-0.4, -0.2) is 16.7 Å². The SMILES string of the molecule is CCNCc1nnc(Nc2cc(F)c(Br)cc2C)o1. The highest BCUT2D eigenvalue weighted by Gasteiger charge is 2.09. The summed E-state index contributed by atoms with van der Waals surface area (Å²) in [6.07, 6.45) is 0. The molecule has 1 aromatic carbocycles. The lowest BCUT2D eigenvalue weighted by Crippen LogP contribution is -2.11. The molecule has 0 bridgehead atoms. The molecule has 0 saturated heterocycles. The first-order valence-corrected chi connectivity index (χ1v) is 6.65. The van der Waals surface area contributed by atoms with Gasteiger partial charge in [0, 0.05) is 5.69 Å². The number of hydrogen-bond acceptors (Lipinski definition) is 5. The lowest BCUT2D eigenvalue weighted by atomic mass is 10.2. The normalized spacial score (nSPS) is 10.7. The van der Waals surface area contributed by atoms with E-state index in [2.05, 4.69) is 36.8 Å². The van der Waals surface area contributed by atoms with Crippen LogP contribution >= 0.6 is 15.9 Å². The summed E-state index contributed by atoms with van der Waals surface area (Å²) in [4.78, 5) is 0. The van der Waals surface area contributed by atoms with Crippen molar-refractivity contribution in [2.75, 3.05) is 11.9 Å². The van der Waals surface area contributed by atoms with Gasteiger partial charge in [-0.15, -0.1) is 5.10 Å². The van der Waals surface area contributed by atoms with Crippen molar-refractivity contribution in [1.29, 1.82) is 0 Å². The minimum Gasteiger partial charge on any atom is -0.406 e. The van der Waals surface area contributed by atoms with Crippen molar-refractivity contribution in [1.82, 2.24) is 15.5 Å². The van der Waals surface area contributed by atoms with E-state index in [1.807, 2.05) is 13.8 Å². The lowest BCUT2D eigenvalue weighted by molar-refractivity contribution is 0.484. The van der Waals surface area contributed by atoms with Crippen LogP contribution in [0.1, 0.15) is 18.4 Å². The first-order valence-electron chi connectivity index (χ1n) is 5.86. The lowest BCUT2D eigenvalue weighted by Gasteiger charge is -2.06. The molecule has 0 fully saturated rings. The Balaban J connectivity index is 2.12. The van der Waals surface area contributed by atoms with Gasteiger partial charge in [-0.05, 0) is 47.1 Å². The van der Waals surface area contributed by atoms with Crippen molar-refractivity contribution in [2.24, 2.45) is 0 Å². The summed E-state index contributed by atoms with van der Waals surface area (Å²) in [7, 11) is 0. The smallest absolute Gasteiger partial charge is 0.320 e. The van der Waals surface area contributed by atoms with Gasteiger partial charge in [0.2, 0.25) is 5.89 Å². The first kappa shape index (κ1) is 14.0. The third-order valence-corrected chi connectivity index (χ3v) is 3.11. The molecular formula is C12H14BrFN4O. The molecule has 2 N–H and O–H groups in total. The van der Waals surface area contributed by atoms with Crippen LogP contribution in [0.4, 0.5) is 16.1 Å². The number of aromatic nitrogens is 2. The second-order valence-corrected chi connectivity index (χ2v) is 4.84. The van der Waals surface area contributed by atoms with Crippen LogP contribution in [0.25, 0.3) is 0 Å². The van der Waals surface area contributed by atoms with E-state index in [0.29, 0.717) is 22.6 Å². The standard InChI is InChI=1S/C12H14BrFN4O/c1-3-15-6-11-17-18-12(19-11)16-10-5-9(14)8(13)4-7(10)2/h4-5,15H,3,6H2,1-2H3,(H,16,18). The Bertz CT molecular complexity index is 573. The van der Waals surface area contributed by atoms with Gasteiger partial charge in [-0.3, -0.25) is 0 Å². The third kappa shape index (κ3) is 3.51. The molecule has 0 aliphatic rings. The number of anilines is 2. The molecule has 1 heterocycles. The van der Waals surface area contributed by atoms with Gasteiger partial charge >= 0.3 is 6.01 Å². The zero-order chi connectivity index (χ0) is 13.8. The highest BCUT2D eigenvalue weighted by atomic mass is 79.9. The molecule has 2 rings (SSSR count). The summed E-state index contributed by atoms with van der Waals surface area (Å²) in [5.41, 5.74) is 1.47. The topological polar surface area (TPSA) is 63.0 Å². The van der Waals surface area contributed by atoms with Crippen LogP contribution in [0.15, 0.2) is 21.0 Å². The molecule has 102 valence electrons.